The molecule has 1 aliphatic carbocycles. The van der Waals surface area contributed by atoms with Crippen LogP contribution in [0.1, 0.15) is 36.8 Å². The molecule has 0 aromatic heterocycles. The summed E-state index contributed by atoms with van der Waals surface area (Å²) in [6.07, 6.45) is 3.30. The second-order valence-electron chi connectivity index (χ2n) is 5.29. The minimum Gasteiger partial charge on any atom is -0.370 e. The molecule has 0 unspecified atom stereocenters. The van der Waals surface area contributed by atoms with E-state index >= 15 is 0 Å². The van der Waals surface area contributed by atoms with Gasteiger partial charge in [-0.2, -0.15) is 0 Å². The van der Waals surface area contributed by atoms with Crippen LogP contribution < -0.4 is 4.90 Å². The molecule has 1 fully saturated rings. The molecule has 2 nitrogen and oxygen atoms in total. The monoisotopic (exact) mass is 265 g/mol. The molecule has 1 aromatic carbocycles. The number of hydrogen-bond acceptors (Lipinski definition) is 2. The molecule has 0 bridgehead atoms. The van der Waals surface area contributed by atoms with Gasteiger partial charge in [-0.15, -0.1) is 0 Å². The third-order valence-corrected chi connectivity index (χ3v) is 4.10. The first kappa shape index (κ1) is 13.4. The molecule has 0 saturated heterocycles. The number of aryl methyl sites for hydroxylation is 2. The SMILES string of the molecule is Cc1cc(C)c(N(C)C2CCC(=O)CC2)c(Cl)c1. The molecule has 0 spiro atoms. The Morgan fingerprint density at radius 1 is 1.22 bits per heavy atom. The zero-order valence-corrected chi connectivity index (χ0v) is 12.0. The molecule has 1 aromatic rings. The van der Waals surface area contributed by atoms with Crippen LogP contribution >= 0.6 is 11.6 Å². The van der Waals surface area contributed by atoms with Gasteiger partial charge >= 0.3 is 0 Å². The summed E-state index contributed by atoms with van der Waals surface area (Å²) in [6.45, 7) is 4.15. The van der Waals surface area contributed by atoms with Gasteiger partial charge in [0.15, 0.2) is 0 Å². The quantitative estimate of drug-likeness (QED) is 0.808. The van der Waals surface area contributed by atoms with E-state index in [0.29, 0.717) is 24.7 Å². The maximum Gasteiger partial charge on any atom is 0.133 e. The van der Waals surface area contributed by atoms with Gasteiger partial charge in [0.2, 0.25) is 0 Å². The molecule has 0 aliphatic heterocycles. The lowest BCUT2D eigenvalue weighted by atomic mass is 9.92. The van der Waals surface area contributed by atoms with Crippen LogP contribution in [0.15, 0.2) is 12.1 Å². The molecule has 1 aliphatic rings. The summed E-state index contributed by atoms with van der Waals surface area (Å²) in [4.78, 5) is 13.6. The summed E-state index contributed by atoms with van der Waals surface area (Å²) in [7, 11) is 2.09. The smallest absolute Gasteiger partial charge is 0.133 e. The highest BCUT2D eigenvalue weighted by Crippen LogP contribution is 2.34. The van der Waals surface area contributed by atoms with Crippen molar-refractivity contribution in [2.75, 3.05) is 11.9 Å². The topological polar surface area (TPSA) is 20.3 Å². The summed E-state index contributed by atoms with van der Waals surface area (Å²) < 4.78 is 0. The molecule has 2 rings (SSSR count). The van der Waals surface area contributed by atoms with E-state index in [9.17, 15) is 4.79 Å². The first-order valence-electron chi connectivity index (χ1n) is 6.50. The number of carbonyl (C=O) groups is 1. The lowest BCUT2D eigenvalue weighted by Gasteiger charge is -2.34. The number of Topliss-reactive ketones (excluding diaryl/α,β-unsaturated/α-hetero) is 1. The lowest BCUT2D eigenvalue weighted by molar-refractivity contribution is -0.120. The van der Waals surface area contributed by atoms with E-state index < -0.39 is 0 Å². The average Bonchev–Trinajstić information content (AvgIpc) is 2.28. The predicted octanol–water partition coefficient (Wildman–Crippen LogP) is 3.90. The molecule has 0 heterocycles. The Kier molecular flexibility index (Phi) is 3.96. The fourth-order valence-electron chi connectivity index (χ4n) is 2.85. The van der Waals surface area contributed by atoms with Gasteiger partial charge < -0.3 is 4.90 Å². The second kappa shape index (κ2) is 5.31. The van der Waals surface area contributed by atoms with E-state index in [1.165, 1.54) is 11.1 Å². The Morgan fingerprint density at radius 3 is 2.39 bits per heavy atom. The van der Waals surface area contributed by atoms with Crippen molar-refractivity contribution in [3.63, 3.8) is 0 Å². The van der Waals surface area contributed by atoms with Crippen LogP contribution in [0.4, 0.5) is 5.69 Å². The summed E-state index contributed by atoms with van der Waals surface area (Å²) in [5.41, 5.74) is 3.51. The number of rotatable bonds is 2. The van der Waals surface area contributed by atoms with Gasteiger partial charge in [0.05, 0.1) is 10.7 Å². The third kappa shape index (κ3) is 2.69. The van der Waals surface area contributed by atoms with Crippen molar-refractivity contribution in [2.24, 2.45) is 0 Å². The van der Waals surface area contributed by atoms with Crippen LogP contribution in [0, 0.1) is 13.8 Å². The molecular formula is C15H20ClNO. The predicted molar refractivity (Wildman–Crippen MR) is 76.6 cm³/mol. The highest BCUT2D eigenvalue weighted by atomic mass is 35.5. The van der Waals surface area contributed by atoms with Crippen molar-refractivity contribution in [3.8, 4) is 0 Å². The zero-order chi connectivity index (χ0) is 13.3. The van der Waals surface area contributed by atoms with E-state index in [4.69, 9.17) is 11.6 Å². The van der Waals surface area contributed by atoms with Crippen molar-refractivity contribution in [3.05, 3.63) is 28.3 Å². The van der Waals surface area contributed by atoms with Crippen molar-refractivity contribution in [1.82, 2.24) is 0 Å². The van der Waals surface area contributed by atoms with E-state index in [1.807, 2.05) is 6.07 Å². The Labute approximate surface area is 114 Å². The van der Waals surface area contributed by atoms with Crippen molar-refractivity contribution >= 4 is 23.1 Å². The number of ketones is 1. The standard InChI is InChI=1S/C15H20ClNO/c1-10-8-11(2)15(14(16)9-10)17(3)12-4-6-13(18)7-5-12/h8-9,12H,4-7H2,1-3H3. The Bertz CT molecular complexity index is 437. The van der Waals surface area contributed by atoms with Crippen LogP contribution in [-0.2, 0) is 4.79 Å². The van der Waals surface area contributed by atoms with Crippen LogP contribution in [0.2, 0.25) is 5.02 Å². The van der Waals surface area contributed by atoms with Crippen molar-refractivity contribution in [1.29, 1.82) is 0 Å². The fraction of sp³-hybridized carbons (Fsp3) is 0.533. The average molecular weight is 266 g/mol. The maximum atomic E-state index is 11.3. The lowest BCUT2D eigenvalue weighted by Crippen LogP contribution is -2.35. The van der Waals surface area contributed by atoms with Gasteiger partial charge in [0, 0.05) is 25.9 Å². The number of benzene rings is 1. The summed E-state index contributed by atoms with van der Waals surface area (Å²) in [6, 6.07) is 4.60. The van der Waals surface area contributed by atoms with Gasteiger partial charge in [0.1, 0.15) is 5.78 Å². The third-order valence-electron chi connectivity index (χ3n) is 3.81. The van der Waals surface area contributed by atoms with Crippen molar-refractivity contribution in [2.45, 2.75) is 45.6 Å². The number of hydrogen-bond donors (Lipinski definition) is 0. The highest BCUT2D eigenvalue weighted by molar-refractivity contribution is 6.33. The van der Waals surface area contributed by atoms with E-state index in [1.54, 1.807) is 0 Å². The number of halogens is 1. The van der Waals surface area contributed by atoms with Crippen LogP contribution in [0.25, 0.3) is 0 Å². The van der Waals surface area contributed by atoms with E-state index in [-0.39, 0.29) is 0 Å². The van der Waals surface area contributed by atoms with Crippen LogP contribution in [0.5, 0.6) is 0 Å². The van der Waals surface area contributed by atoms with Crippen molar-refractivity contribution < 1.29 is 4.79 Å². The van der Waals surface area contributed by atoms with E-state index in [0.717, 1.165) is 23.6 Å². The molecule has 98 valence electrons. The zero-order valence-electron chi connectivity index (χ0n) is 11.3. The first-order chi connectivity index (χ1) is 8.49. The minimum atomic E-state index is 0.395. The minimum absolute atomic E-state index is 0.395. The molecular weight excluding hydrogens is 246 g/mol. The molecule has 0 N–H and O–H groups in total. The number of anilines is 1. The fourth-order valence-corrected chi connectivity index (χ4v) is 3.30. The van der Waals surface area contributed by atoms with Crippen LogP contribution in [-0.4, -0.2) is 18.9 Å². The van der Waals surface area contributed by atoms with Crippen LogP contribution in [0.3, 0.4) is 0 Å². The number of nitrogens with zero attached hydrogens (tertiary/aromatic N) is 1. The molecule has 1 saturated carbocycles. The number of carbonyl (C=O) groups excluding carboxylic acids is 1. The van der Waals surface area contributed by atoms with Gasteiger partial charge in [0.25, 0.3) is 0 Å². The van der Waals surface area contributed by atoms with Gasteiger partial charge in [-0.05, 0) is 43.9 Å². The van der Waals surface area contributed by atoms with Gasteiger partial charge in [-0.3, -0.25) is 4.79 Å². The largest absolute Gasteiger partial charge is 0.370 e. The molecule has 0 atom stereocenters. The molecule has 18 heavy (non-hydrogen) atoms. The molecule has 3 heteroatoms. The van der Waals surface area contributed by atoms with Gasteiger partial charge in [-0.25, -0.2) is 0 Å². The van der Waals surface area contributed by atoms with E-state index in [2.05, 4.69) is 31.9 Å². The summed E-state index contributed by atoms with van der Waals surface area (Å²) >= 11 is 6.37. The summed E-state index contributed by atoms with van der Waals surface area (Å²) in [5.74, 6) is 0.395. The maximum absolute atomic E-state index is 11.3. The second-order valence-corrected chi connectivity index (χ2v) is 5.70. The molecule has 0 amide bonds. The first-order valence-corrected chi connectivity index (χ1v) is 6.88. The van der Waals surface area contributed by atoms with Gasteiger partial charge in [-0.1, -0.05) is 17.7 Å². The Hall–Kier alpha value is -1.02. The normalized spacial score (nSPS) is 17.0. The Balaban J connectivity index is 2.23. The summed E-state index contributed by atoms with van der Waals surface area (Å²) in [5, 5.41) is 0.812. The Morgan fingerprint density at radius 2 is 1.83 bits per heavy atom. The highest BCUT2D eigenvalue weighted by Gasteiger charge is 2.24. The molecule has 0 radical (unpaired) electrons.